The third kappa shape index (κ3) is 6.92. The summed E-state index contributed by atoms with van der Waals surface area (Å²) in [6.45, 7) is 8.12. The molecule has 0 aliphatic carbocycles. The fourth-order valence-electron chi connectivity index (χ4n) is 4.91. The molecule has 3 atom stereocenters. The maximum atomic E-state index is 13.8. The molecule has 210 valence electrons. The zero-order chi connectivity index (χ0) is 28.9. The van der Waals surface area contributed by atoms with Crippen LogP contribution >= 0.6 is 11.8 Å². The van der Waals surface area contributed by atoms with Crippen molar-refractivity contribution in [3.8, 4) is 0 Å². The first-order chi connectivity index (χ1) is 19.1. The number of aliphatic hydroxyl groups excluding tert-OH is 1. The molecule has 3 aromatic rings. The fourth-order valence-corrected chi connectivity index (χ4v) is 6.05. The Morgan fingerprint density at radius 1 is 0.975 bits per heavy atom. The summed E-state index contributed by atoms with van der Waals surface area (Å²) in [4.78, 5) is 41.8. The van der Waals surface area contributed by atoms with E-state index in [-0.39, 0.29) is 24.1 Å². The van der Waals surface area contributed by atoms with Gasteiger partial charge in [0.15, 0.2) is 6.10 Å². The van der Waals surface area contributed by atoms with E-state index in [1.165, 1.54) is 16.7 Å². The van der Waals surface area contributed by atoms with Crippen LogP contribution in [-0.4, -0.2) is 56.5 Å². The SMILES string of the molecule is Cc1ccc(C(=O)NC(Cc2ccccc2)C(O)C(=O)N2CSC(C)(C)C2C(=O)NCc2ccccc2C)cc1. The molecular weight excluding hydrogens is 522 g/mol. The van der Waals surface area contributed by atoms with Crippen LogP contribution in [-0.2, 0) is 22.6 Å². The van der Waals surface area contributed by atoms with Gasteiger partial charge in [-0.25, -0.2) is 0 Å². The predicted molar refractivity (Wildman–Crippen MR) is 159 cm³/mol. The number of carbonyl (C=O) groups excluding carboxylic acids is 3. The van der Waals surface area contributed by atoms with E-state index in [0.717, 1.165) is 22.3 Å². The standard InChI is InChI=1S/C32H37N3O4S/c1-21-14-16-24(17-15-21)29(37)34-26(18-23-11-6-5-7-12-23)27(36)31(39)35-20-40-32(3,4)28(35)30(38)33-19-25-13-9-8-10-22(25)2/h5-17,26-28,36H,18-20H2,1-4H3,(H,33,38)(H,34,37). The quantitative estimate of drug-likeness (QED) is 0.368. The van der Waals surface area contributed by atoms with Crippen molar-refractivity contribution < 1.29 is 19.5 Å². The molecule has 0 aromatic heterocycles. The normalized spacial score (nSPS) is 17.6. The summed E-state index contributed by atoms with van der Waals surface area (Å²) >= 11 is 1.49. The van der Waals surface area contributed by atoms with Gasteiger partial charge < -0.3 is 20.6 Å². The van der Waals surface area contributed by atoms with Gasteiger partial charge in [0, 0.05) is 16.9 Å². The number of carbonyl (C=O) groups is 3. The second kappa shape index (κ2) is 12.7. The number of hydrogen-bond acceptors (Lipinski definition) is 5. The van der Waals surface area contributed by atoms with Crippen molar-refractivity contribution in [3.05, 3.63) is 107 Å². The topological polar surface area (TPSA) is 98.7 Å². The van der Waals surface area contributed by atoms with Gasteiger partial charge in [0.1, 0.15) is 6.04 Å². The number of nitrogens with one attached hydrogen (secondary N) is 2. The van der Waals surface area contributed by atoms with Gasteiger partial charge in [-0.1, -0.05) is 72.3 Å². The van der Waals surface area contributed by atoms with Gasteiger partial charge in [-0.15, -0.1) is 11.8 Å². The smallest absolute Gasteiger partial charge is 0.254 e. The number of thioether (sulfide) groups is 1. The second-order valence-electron chi connectivity index (χ2n) is 10.8. The Hall–Kier alpha value is -3.62. The molecule has 1 fully saturated rings. The van der Waals surface area contributed by atoms with Gasteiger partial charge in [-0.05, 0) is 62.9 Å². The van der Waals surface area contributed by atoms with Gasteiger partial charge in [0.2, 0.25) is 5.91 Å². The van der Waals surface area contributed by atoms with Crippen LogP contribution in [0.15, 0.2) is 78.9 Å². The van der Waals surface area contributed by atoms with E-state index >= 15 is 0 Å². The van der Waals surface area contributed by atoms with Gasteiger partial charge in [-0.2, -0.15) is 0 Å². The highest BCUT2D eigenvalue weighted by Crippen LogP contribution is 2.40. The Balaban J connectivity index is 1.54. The summed E-state index contributed by atoms with van der Waals surface area (Å²) in [6.07, 6.45) is -1.30. The molecule has 7 nitrogen and oxygen atoms in total. The van der Waals surface area contributed by atoms with Crippen LogP contribution in [0.25, 0.3) is 0 Å². The number of benzene rings is 3. The summed E-state index contributed by atoms with van der Waals surface area (Å²) < 4.78 is -0.564. The third-order valence-electron chi connectivity index (χ3n) is 7.35. The number of rotatable bonds is 9. The third-order valence-corrected chi connectivity index (χ3v) is 8.73. The first kappa shape index (κ1) is 29.4. The Labute approximate surface area is 240 Å². The van der Waals surface area contributed by atoms with Gasteiger partial charge >= 0.3 is 0 Å². The maximum Gasteiger partial charge on any atom is 0.254 e. The van der Waals surface area contributed by atoms with E-state index in [2.05, 4.69) is 10.6 Å². The highest BCUT2D eigenvalue weighted by atomic mass is 32.2. The van der Waals surface area contributed by atoms with Crippen molar-refractivity contribution in [2.24, 2.45) is 0 Å². The lowest BCUT2D eigenvalue weighted by Gasteiger charge is -2.33. The van der Waals surface area contributed by atoms with E-state index in [9.17, 15) is 19.5 Å². The van der Waals surface area contributed by atoms with Crippen LogP contribution in [0.4, 0.5) is 0 Å². The van der Waals surface area contributed by atoms with Crippen molar-refractivity contribution in [1.82, 2.24) is 15.5 Å². The zero-order valence-corrected chi connectivity index (χ0v) is 24.2. The van der Waals surface area contributed by atoms with Crippen molar-refractivity contribution >= 4 is 29.5 Å². The molecule has 1 aliphatic rings. The average Bonchev–Trinajstić information content (AvgIpc) is 3.27. The Bertz CT molecular complexity index is 1340. The first-order valence-corrected chi connectivity index (χ1v) is 14.4. The molecule has 8 heteroatoms. The zero-order valence-electron chi connectivity index (χ0n) is 23.4. The van der Waals surface area contributed by atoms with Crippen molar-refractivity contribution in [1.29, 1.82) is 0 Å². The van der Waals surface area contributed by atoms with E-state index in [1.807, 2.05) is 94.4 Å². The minimum absolute atomic E-state index is 0.250. The molecule has 0 radical (unpaired) electrons. The largest absolute Gasteiger partial charge is 0.381 e. The lowest BCUT2D eigenvalue weighted by molar-refractivity contribution is -0.147. The molecule has 3 N–H and O–H groups in total. The van der Waals surface area contributed by atoms with Crippen LogP contribution in [0.5, 0.6) is 0 Å². The van der Waals surface area contributed by atoms with Crippen LogP contribution < -0.4 is 10.6 Å². The summed E-state index contributed by atoms with van der Waals surface area (Å²) in [5, 5.41) is 17.3. The molecule has 3 unspecified atom stereocenters. The predicted octanol–water partition coefficient (Wildman–Crippen LogP) is 4.00. The van der Waals surface area contributed by atoms with Crippen LogP contribution in [0.2, 0.25) is 0 Å². The fraction of sp³-hybridized carbons (Fsp3) is 0.344. The summed E-state index contributed by atoms with van der Waals surface area (Å²) in [6, 6.07) is 22.7. The lowest BCUT2D eigenvalue weighted by Crippen LogP contribution is -2.58. The Morgan fingerprint density at radius 3 is 2.30 bits per heavy atom. The van der Waals surface area contributed by atoms with Crippen molar-refractivity contribution in [3.63, 3.8) is 0 Å². The average molecular weight is 560 g/mol. The van der Waals surface area contributed by atoms with Crippen LogP contribution in [0, 0.1) is 13.8 Å². The molecule has 1 aliphatic heterocycles. The Kier molecular flexibility index (Phi) is 9.32. The molecule has 1 saturated heterocycles. The summed E-state index contributed by atoms with van der Waals surface area (Å²) in [5.41, 5.74) is 4.40. The number of amides is 3. The highest BCUT2D eigenvalue weighted by molar-refractivity contribution is 8.00. The molecular formula is C32H37N3O4S. The summed E-state index contributed by atoms with van der Waals surface area (Å²) in [7, 11) is 0. The number of hydrogen-bond donors (Lipinski definition) is 3. The number of nitrogens with zero attached hydrogens (tertiary/aromatic N) is 1. The monoisotopic (exact) mass is 559 g/mol. The molecule has 3 aromatic carbocycles. The molecule has 4 rings (SSSR count). The van der Waals surface area contributed by atoms with E-state index < -0.39 is 28.8 Å². The van der Waals surface area contributed by atoms with E-state index in [1.54, 1.807) is 12.1 Å². The lowest BCUT2D eigenvalue weighted by atomic mass is 9.96. The molecule has 3 amide bonds. The second-order valence-corrected chi connectivity index (χ2v) is 12.4. The summed E-state index contributed by atoms with van der Waals surface area (Å²) in [5.74, 6) is -0.979. The van der Waals surface area contributed by atoms with Crippen molar-refractivity contribution in [2.75, 3.05) is 5.88 Å². The number of aliphatic hydroxyl groups is 1. The molecule has 0 spiro atoms. The van der Waals surface area contributed by atoms with E-state index in [4.69, 9.17) is 0 Å². The van der Waals surface area contributed by atoms with E-state index in [0.29, 0.717) is 12.1 Å². The number of aryl methyl sites for hydroxylation is 2. The molecule has 1 heterocycles. The molecule has 40 heavy (non-hydrogen) atoms. The molecule has 0 saturated carbocycles. The minimum Gasteiger partial charge on any atom is -0.381 e. The highest BCUT2D eigenvalue weighted by Gasteiger charge is 2.49. The van der Waals surface area contributed by atoms with Crippen LogP contribution in [0.1, 0.15) is 46.5 Å². The van der Waals surface area contributed by atoms with Gasteiger partial charge in [0.25, 0.3) is 11.8 Å². The maximum absolute atomic E-state index is 13.8. The Morgan fingerprint density at radius 2 is 1.62 bits per heavy atom. The minimum atomic E-state index is -1.55. The van der Waals surface area contributed by atoms with Crippen LogP contribution in [0.3, 0.4) is 0 Å². The molecule has 0 bridgehead atoms. The first-order valence-electron chi connectivity index (χ1n) is 13.4. The van der Waals surface area contributed by atoms with Gasteiger partial charge in [0.05, 0.1) is 11.9 Å². The van der Waals surface area contributed by atoms with Crippen molar-refractivity contribution in [2.45, 2.75) is 63.6 Å². The van der Waals surface area contributed by atoms with Gasteiger partial charge in [-0.3, -0.25) is 14.4 Å².